The highest BCUT2D eigenvalue weighted by molar-refractivity contribution is 7.92. The Bertz CT molecular complexity index is 1050. The van der Waals surface area contributed by atoms with Gasteiger partial charge in [-0.25, -0.2) is 13.4 Å². The van der Waals surface area contributed by atoms with Gasteiger partial charge in [-0.2, -0.15) is 13.2 Å². The number of aromatic nitrogens is 1. The number of benzene rings is 1. The fourth-order valence-corrected chi connectivity index (χ4v) is 5.33. The first-order valence-corrected chi connectivity index (χ1v) is 11.0. The van der Waals surface area contributed by atoms with Gasteiger partial charge in [0.15, 0.2) is 9.84 Å². The molecule has 0 spiro atoms. The number of amides is 1. The van der Waals surface area contributed by atoms with Gasteiger partial charge in [0.1, 0.15) is 5.69 Å². The van der Waals surface area contributed by atoms with Crippen LogP contribution in [0.3, 0.4) is 0 Å². The zero-order valence-electron chi connectivity index (χ0n) is 16.2. The van der Waals surface area contributed by atoms with Crippen molar-refractivity contribution in [2.45, 2.75) is 48.5 Å². The summed E-state index contributed by atoms with van der Waals surface area (Å²) < 4.78 is 63.8. The van der Waals surface area contributed by atoms with E-state index in [4.69, 9.17) is 11.6 Å². The minimum atomic E-state index is -4.63. The van der Waals surface area contributed by atoms with Crippen LogP contribution in [0.15, 0.2) is 47.5 Å². The maximum Gasteiger partial charge on any atom is 0.416 e. The van der Waals surface area contributed by atoms with E-state index < -0.39 is 32.2 Å². The molecule has 0 saturated heterocycles. The molecular weight excluding hydrogens is 441 g/mol. The molecule has 2 aromatic rings. The molecule has 1 amide bonds. The lowest BCUT2D eigenvalue weighted by Crippen LogP contribution is -2.53. The molecule has 10 heteroatoms. The van der Waals surface area contributed by atoms with Gasteiger partial charge in [-0.1, -0.05) is 17.7 Å². The third-order valence-electron chi connectivity index (χ3n) is 5.58. The van der Waals surface area contributed by atoms with E-state index in [0.29, 0.717) is 23.9 Å². The summed E-state index contributed by atoms with van der Waals surface area (Å²) in [5, 5.41) is 3.19. The van der Waals surface area contributed by atoms with Crippen molar-refractivity contribution in [1.82, 2.24) is 10.3 Å². The van der Waals surface area contributed by atoms with E-state index in [9.17, 15) is 26.4 Å². The summed E-state index contributed by atoms with van der Waals surface area (Å²) in [4.78, 5) is 15.8. The Morgan fingerprint density at radius 3 is 2.40 bits per heavy atom. The maximum atomic E-state index is 13.1. The van der Waals surface area contributed by atoms with Crippen LogP contribution < -0.4 is 5.32 Å². The van der Waals surface area contributed by atoms with Crippen LogP contribution in [0, 0.1) is 5.92 Å². The van der Waals surface area contributed by atoms with E-state index in [1.807, 2.05) is 0 Å². The maximum absolute atomic E-state index is 13.1. The molecule has 162 valence electrons. The van der Waals surface area contributed by atoms with Crippen LogP contribution in [-0.2, 0) is 16.0 Å². The molecule has 1 aromatic carbocycles. The third kappa shape index (κ3) is 4.32. The molecule has 1 aromatic heterocycles. The molecule has 5 nitrogen and oxygen atoms in total. The third-order valence-corrected chi connectivity index (χ3v) is 8.40. The fourth-order valence-electron chi connectivity index (χ4n) is 3.44. The summed E-state index contributed by atoms with van der Waals surface area (Å²) in [6, 6.07) is 6.56. The van der Waals surface area contributed by atoms with Crippen LogP contribution >= 0.6 is 11.6 Å². The molecule has 0 atom stereocenters. The van der Waals surface area contributed by atoms with Gasteiger partial charge in [-0.05, 0) is 62.9 Å². The molecule has 1 N–H and O–H groups in total. The highest BCUT2D eigenvalue weighted by Crippen LogP contribution is 2.44. The number of hydrogen-bond acceptors (Lipinski definition) is 4. The smallest absolute Gasteiger partial charge is 0.348 e. The summed E-state index contributed by atoms with van der Waals surface area (Å²) in [5.41, 5.74) is -0.813. The van der Waals surface area contributed by atoms with Crippen molar-refractivity contribution in [3.63, 3.8) is 0 Å². The Labute approximate surface area is 177 Å². The lowest BCUT2D eigenvalue weighted by atomic mass is 9.73. The van der Waals surface area contributed by atoms with E-state index in [-0.39, 0.29) is 22.5 Å². The van der Waals surface area contributed by atoms with Crippen LogP contribution in [0.4, 0.5) is 13.2 Å². The summed E-state index contributed by atoms with van der Waals surface area (Å²) in [6.07, 6.45) is -2.49. The average Bonchev–Trinajstić information content (AvgIpc) is 2.63. The average molecular weight is 461 g/mol. The first-order chi connectivity index (χ1) is 13.8. The van der Waals surface area contributed by atoms with Crippen LogP contribution in [0.5, 0.6) is 0 Å². The highest BCUT2D eigenvalue weighted by atomic mass is 35.5. The Morgan fingerprint density at radius 1 is 1.17 bits per heavy atom. The first kappa shape index (κ1) is 22.6. The van der Waals surface area contributed by atoms with Crippen molar-refractivity contribution < 1.29 is 26.4 Å². The van der Waals surface area contributed by atoms with Crippen LogP contribution in [-0.4, -0.2) is 30.1 Å². The van der Waals surface area contributed by atoms with Gasteiger partial charge in [0.25, 0.3) is 5.91 Å². The molecular formula is C20H20ClF3N2O3S. The number of carbonyl (C=O) groups excluding carboxylic acids is 1. The monoisotopic (exact) mass is 460 g/mol. The van der Waals surface area contributed by atoms with Gasteiger partial charge in [-0.15, -0.1) is 0 Å². The zero-order valence-corrected chi connectivity index (χ0v) is 17.8. The van der Waals surface area contributed by atoms with Gasteiger partial charge in [-0.3, -0.25) is 4.79 Å². The van der Waals surface area contributed by atoms with Gasteiger partial charge in [0.2, 0.25) is 0 Å². The number of carbonyl (C=O) groups is 1. The molecule has 1 aliphatic carbocycles. The minimum absolute atomic E-state index is 0.193. The quantitative estimate of drug-likeness (QED) is 0.712. The standard InChI is InChI=1S/C20H20ClF3N2O3S/c1-19(2,30(28,29)16-5-3-4-12(10-16)20(22,23)24)13-8-15(9-13)26-18(27)17-7-6-14(21)11-25-17/h3-7,10-11,13,15H,8-9H2,1-2H3,(H,26,27)/t13-,15-. The van der Waals surface area contributed by atoms with Gasteiger partial charge in [0, 0.05) is 12.2 Å². The van der Waals surface area contributed by atoms with Crippen LogP contribution in [0.1, 0.15) is 42.7 Å². The van der Waals surface area contributed by atoms with Crippen molar-refractivity contribution >= 4 is 27.3 Å². The number of sulfone groups is 1. The molecule has 1 heterocycles. The molecule has 1 saturated carbocycles. The second-order valence-electron chi connectivity index (χ2n) is 7.83. The molecule has 3 rings (SSSR count). The summed E-state index contributed by atoms with van der Waals surface area (Å²) in [5.74, 6) is -0.714. The highest BCUT2D eigenvalue weighted by Gasteiger charge is 2.49. The van der Waals surface area contributed by atoms with Gasteiger partial charge >= 0.3 is 6.18 Å². The molecule has 0 bridgehead atoms. The van der Waals surface area contributed by atoms with E-state index in [0.717, 1.165) is 12.1 Å². The van der Waals surface area contributed by atoms with Crippen molar-refractivity contribution in [2.24, 2.45) is 5.92 Å². The topological polar surface area (TPSA) is 76.1 Å². The lowest BCUT2D eigenvalue weighted by Gasteiger charge is -2.44. The Morgan fingerprint density at radius 2 is 1.83 bits per heavy atom. The number of rotatable bonds is 5. The first-order valence-electron chi connectivity index (χ1n) is 9.16. The number of hydrogen-bond donors (Lipinski definition) is 1. The Balaban J connectivity index is 1.69. The van der Waals surface area contributed by atoms with Gasteiger partial charge in [0.05, 0.1) is 20.2 Å². The lowest BCUT2D eigenvalue weighted by molar-refractivity contribution is -0.137. The second kappa shape index (κ2) is 7.85. The predicted octanol–water partition coefficient (Wildman–Crippen LogP) is 4.51. The van der Waals surface area contributed by atoms with E-state index in [1.54, 1.807) is 0 Å². The molecule has 0 radical (unpaired) electrons. The number of alkyl halides is 3. The molecule has 30 heavy (non-hydrogen) atoms. The SMILES string of the molecule is CC(C)([C@H]1C[C@H](NC(=O)c2ccc(Cl)cn2)C1)S(=O)(=O)c1cccc(C(F)(F)F)c1. The van der Waals surface area contributed by atoms with E-state index in [1.165, 1.54) is 38.2 Å². The number of nitrogens with zero attached hydrogens (tertiary/aromatic N) is 1. The van der Waals surface area contributed by atoms with Crippen molar-refractivity contribution in [2.75, 3.05) is 0 Å². The van der Waals surface area contributed by atoms with Gasteiger partial charge < -0.3 is 5.32 Å². The van der Waals surface area contributed by atoms with Crippen molar-refractivity contribution in [3.05, 3.63) is 58.9 Å². The van der Waals surface area contributed by atoms with Crippen LogP contribution in [0.2, 0.25) is 5.02 Å². The summed E-state index contributed by atoms with van der Waals surface area (Å²) in [6.45, 7) is 3.01. The molecule has 0 aliphatic heterocycles. The van der Waals surface area contributed by atoms with Crippen LogP contribution in [0.25, 0.3) is 0 Å². The summed E-state index contributed by atoms with van der Waals surface area (Å²) in [7, 11) is -4.03. The molecule has 0 unspecified atom stereocenters. The number of halogens is 4. The van der Waals surface area contributed by atoms with Crippen molar-refractivity contribution in [1.29, 1.82) is 0 Å². The normalized spacial score (nSPS) is 19.8. The fraction of sp³-hybridized carbons (Fsp3) is 0.400. The number of nitrogens with one attached hydrogen (secondary N) is 1. The Kier molecular flexibility index (Phi) is 5.90. The van der Waals surface area contributed by atoms with E-state index in [2.05, 4.69) is 10.3 Å². The second-order valence-corrected chi connectivity index (χ2v) is 10.8. The van der Waals surface area contributed by atoms with Crippen molar-refractivity contribution in [3.8, 4) is 0 Å². The minimum Gasteiger partial charge on any atom is -0.348 e. The summed E-state index contributed by atoms with van der Waals surface area (Å²) >= 11 is 5.74. The zero-order chi connectivity index (χ0) is 22.3. The molecule has 1 aliphatic rings. The van der Waals surface area contributed by atoms with E-state index >= 15 is 0 Å². The predicted molar refractivity (Wildman–Crippen MR) is 106 cm³/mol. The Hall–Kier alpha value is -2.13. The number of pyridine rings is 1. The largest absolute Gasteiger partial charge is 0.416 e. The molecule has 1 fully saturated rings.